The Morgan fingerprint density at radius 2 is 2.00 bits per heavy atom. The number of nitrogens with one attached hydrogen (secondary N) is 1. The van der Waals surface area contributed by atoms with E-state index in [4.69, 9.17) is 4.74 Å². The van der Waals surface area contributed by atoms with Gasteiger partial charge in [0.05, 0.1) is 0 Å². The summed E-state index contributed by atoms with van der Waals surface area (Å²) in [7, 11) is 0. The number of aromatic nitrogens is 3. The molecule has 0 bridgehead atoms. The van der Waals surface area contributed by atoms with Gasteiger partial charge in [-0.25, -0.2) is 9.37 Å². The first-order valence-electron chi connectivity index (χ1n) is 8.94. The number of imidazole rings is 1. The first kappa shape index (κ1) is 17.5. The van der Waals surface area contributed by atoms with Gasteiger partial charge in [0, 0.05) is 17.3 Å². The molecule has 0 unspecified atom stereocenters. The number of halogens is 1. The standard InChI is InChI=1S/C20H21FN4O2/c1-12-10-16(27-15-8-6-14(21)7-9-15)23-18-17(22-11-25(12)18)19(26)24-20(2,3)13-4-5-13/h6-11,13H,4-5H2,1-3H3,(H,24,26). The van der Waals surface area contributed by atoms with Crippen LogP contribution in [0.2, 0.25) is 0 Å². The van der Waals surface area contributed by atoms with Crippen LogP contribution in [0.4, 0.5) is 4.39 Å². The molecule has 2 heterocycles. The Morgan fingerprint density at radius 3 is 2.67 bits per heavy atom. The molecule has 7 heteroatoms. The van der Waals surface area contributed by atoms with Crippen LogP contribution in [-0.2, 0) is 0 Å². The van der Waals surface area contributed by atoms with Gasteiger partial charge in [-0.15, -0.1) is 0 Å². The van der Waals surface area contributed by atoms with E-state index in [-0.39, 0.29) is 23.0 Å². The van der Waals surface area contributed by atoms with Gasteiger partial charge in [0.1, 0.15) is 17.9 Å². The van der Waals surface area contributed by atoms with Crippen molar-refractivity contribution in [2.45, 2.75) is 39.2 Å². The number of nitrogens with zero attached hydrogens (tertiary/aromatic N) is 3. The number of rotatable bonds is 5. The fourth-order valence-corrected chi connectivity index (χ4v) is 3.19. The maximum atomic E-state index is 13.1. The first-order chi connectivity index (χ1) is 12.8. The highest BCUT2D eigenvalue weighted by Gasteiger charge is 2.39. The molecular formula is C20H21FN4O2. The SMILES string of the molecule is Cc1cc(Oc2ccc(F)cc2)nc2c(C(=O)NC(C)(C)C3CC3)ncn12. The molecule has 0 saturated heterocycles. The molecular weight excluding hydrogens is 347 g/mol. The summed E-state index contributed by atoms with van der Waals surface area (Å²) in [6, 6.07) is 7.43. The molecule has 1 aliphatic rings. The van der Waals surface area contributed by atoms with Gasteiger partial charge in [-0.2, -0.15) is 4.98 Å². The van der Waals surface area contributed by atoms with Gasteiger partial charge in [-0.1, -0.05) is 0 Å². The van der Waals surface area contributed by atoms with Crippen molar-refractivity contribution in [2.24, 2.45) is 5.92 Å². The summed E-state index contributed by atoms with van der Waals surface area (Å²) in [6.07, 6.45) is 3.84. The van der Waals surface area contributed by atoms with E-state index in [0.717, 1.165) is 18.5 Å². The molecule has 1 fully saturated rings. The van der Waals surface area contributed by atoms with E-state index in [1.54, 1.807) is 16.8 Å². The molecule has 0 atom stereocenters. The van der Waals surface area contributed by atoms with E-state index in [0.29, 0.717) is 23.2 Å². The second kappa shape index (κ2) is 6.33. The van der Waals surface area contributed by atoms with Crippen molar-refractivity contribution in [3.05, 3.63) is 53.9 Å². The van der Waals surface area contributed by atoms with E-state index in [1.165, 1.54) is 24.3 Å². The zero-order valence-electron chi connectivity index (χ0n) is 15.5. The summed E-state index contributed by atoms with van der Waals surface area (Å²) in [5, 5.41) is 3.07. The highest BCUT2D eigenvalue weighted by atomic mass is 19.1. The number of carbonyl (C=O) groups is 1. The number of fused-ring (bicyclic) bond motifs is 1. The van der Waals surface area contributed by atoms with Crippen LogP contribution in [0.15, 0.2) is 36.7 Å². The van der Waals surface area contributed by atoms with Crippen molar-refractivity contribution in [1.82, 2.24) is 19.7 Å². The lowest BCUT2D eigenvalue weighted by Gasteiger charge is -2.25. The molecule has 0 aliphatic heterocycles. The number of carbonyl (C=O) groups excluding carboxylic acids is 1. The van der Waals surface area contributed by atoms with Crippen molar-refractivity contribution >= 4 is 11.6 Å². The Kier molecular flexibility index (Phi) is 4.09. The van der Waals surface area contributed by atoms with E-state index in [1.807, 2.05) is 20.8 Å². The number of ether oxygens (including phenoxy) is 1. The molecule has 0 radical (unpaired) electrons. The number of hydrogen-bond donors (Lipinski definition) is 1. The molecule has 4 rings (SSSR count). The summed E-state index contributed by atoms with van der Waals surface area (Å²) in [5.74, 6) is 0.702. The minimum atomic E-state index is -0.338. The lowest BCUT2D eigenvalue weighted by Crippen LogP contribution is -2.45. The smallest absolute Gasteiger partial charge is 0.274 e. The largest absolute Gasteiger partial charge is 0.439 e. The predicted molar refractivity (Wildman–Crippen MR) is 98.5 cm³/mol. The zero-order chi connectivity index (χ0) is 19.2. The van der Waals surface area contributed by atoms with Crippen LogP contribution in [0, 0.1) is 18.7 Å². The van der Waals surface area contributed by atoms with Crippen molar-refractivity contribution in [3.8, 4) is 11.6 Å². The Labute approximate surface area is 156 Å². The molecule has 0 spiro atoms. The Balaban J connectivity index is 1.65. The van der Waals surface area contributed by atoms with Crippen LogP contribution in [-0.4, -0.2) is 25.8 Å². The third-order valence-electron chi connectivity index (χ3n) is 4.96. The van der Waals surface area contributed by atoms with Gasteiger partial charge in [-0.3, -0.25) is 9.20 Å². The molecule has 1 saturated carbocycles. The van der Waals surface area contributed by atoms with E-state index < -0.39 is 0 Å². The molecule has 140 valence electrons. The summed E-state index contributed by atoms with van der Waals surface area (Å²) in [4.78, 5) is 21.5. The molecule has 1 aliphatic carbocycles. The fraction of sp³-hybridized carbons (Fsp3) is 0.350. The average Bonchev–Trinajstić information content (AvgIpc) is 3.38. The normalized spacial score (nSPS) is 14.4. The minimum absolute atomic E-state index is 0.250. The molecule has 2 aromatic heterocycles. The number of hydrogen-bond acceptors (Lipinski definition) is 4. The van der Waals surface area contributed by atoms with Crippen LogP contribution < -0.4 is 10.1 Å². The van der Waals surface area contributed by atoms with Crippen LogP contribution in [0.5, 0.6) is 11.6 Å². The van der Waals surface area contributed by atoms with E-state index >= 15 is 0 Å². The lowest BCUT2D eigenvalue weighted by atomic mass is 9.98. The van der Waals surface area contributed by atoms with Crippen LogP contribution in [0.1, 0.15) is 42.9 Å². The molecule has 1 N–H and O–H groups in total. The predicted octanol–water partition coefficient (Wildman–Crippen LogP) is 3.89. The third-order valence-corrected chi connectivity index (χ3v) is 4.96. The number of amides is 1. The van der Waals surface area contributed by atoms with Gasteiger partial charge in [-0.05, 0) is 63.8 Å². The summed E-state index contributed by atoms with van der Waals surface area (Å²) in [6.45, 7) is 5.94. The molecule has 1 amide bonds. The maximum Gasteiger partial charge on any atom is 0.274 e. The Morgan fingerprint density at radius 1 is 1.30 bits per heavy atom. The van der Waals surface area contributed by atoms with Gasteiger partial charge in [0.25, 0.3) is 5.91 Å². The summed E-state index contributed by atoms with van der Waals surface area (Å²) >= 11 is 0. The minimum Gasteiger partial charge on any atom is -0.439 e. The lowest BCUT2D eigenvalue weighted by molar-refractivity contribution is 0.0900. The topological polar surface area (TPSA) is 68.5 Å². The van der Waals surface area contributed by atoms with Crippen LogP contribution >= 0.6 is 0 Å². The average molecular weight is 368 g/mol. The molecule has 1 aromatic carbocycles. The second-order valence-electron chi connectivity index (χ2n) is 7.53. The van der Waals surface area contributed by atoms with Crippen molar-refractivity contribution in [2.75, 3.05) is 0 Å². The molecule has 27 heavy (non-hydrogen) atoms. The van der Waals surface area contributed by atoms with Crippen LogP contribution in [0.3, 0.4) is 0 Å². The fourth-order valence-electron chi connectivity index (χ4n) is 3.19. The van der Waals surface area contributed by atoms with Gasteiger partial charge >= 0.3 is 0 Å². The Hall–Kier alpha value is -2.96. The van der Waals surface area contributed by atoms with Gasteiger partial charge < -0.3 is 10.1 Å². The summed E-state index contributed by atoms with van der Waals surface area (Å²) in [5.41, 5.74) is 1.24. The zero-order valence-corrected chi connectivity index (χ0v) is 15.5. The highest BCUT2D eigenvalue weighted by molar-refractivity contribution is 5.98. The van der Waals surface area contributed by atoms with E-state index in [2.05, 4.69) is 15.3 Å². The molecule has 6 nitrogen and oxygen atoms in total. The summed E-state index contributed by atoms with van der Waals surface area (Å²) < 4.78 is 20.5. The maximum absolute atomic E-state index is 13.1. The van der Waals surface area contributed by atoms with Gasteiger partial charge in [0.15, 0.2) is 11.3 Å². The second-order valence-corrected chi connectivity index (χ2v) is 7.53. The highest BCUT2D eigenvalue weighted by Crippen LogP contribution is 2.39. The molecule has 3 aromatic rings. The van der Waals surface area contributed by atoms with Crippen LogP contribution in [0.25, 0.3) is 5.65 Å². The third kappa shape index (κ3) is 3.49. The van der Waals surface area contributed by atoms with Gasteiger partial charge in [0.2, 0.25) is 5.88 Å². The number of benzene rings is 1. The quantitative estimate of drug-likeness (QED) is 0.742. The first-order valence-corrected chi connectivity index (χ1v) is 8.94. The monoisotopic (exact) mass is 368 g/mol. The van der Waals surface area contributed by atoms with Crippen molar-refractivity contribution in [3.63, 3.8) is 0 Å². The Bertz CT molecular complexity index is 1010. The van der Waals surface area contributed by atoms with Crippen molar-refractivity contribution < 1.29 is 13.9 Å². The van der Waals surface area contributed by atoms with E-state index in [9.17, 15) is 9.18 Å². The van der Waals surface area contributed by atoms with Crippen molar-refractivity contribution in [1.29, 1.82) is 0 Å². The number of aryl methyl sites for hydroxylation is 1.